The molecule has 1 amide bonds. The van der Waals surface area contributed by atoms with Crippen molar-refractivity contribution in [2.45, 2.75) is 33.9 Å². The molecule has 0 radical (unpaired) electrons. The first-order valence-electron chi connectivity index (χ1n) is 8.09. The van der Waals surface area contributed by atoms with Crippen molar-refractivity contribution in [3.8, 4) is 0 Å². The number of hydrogen-bond acceptors (Lipinski definition) is 4. The van der Waals surface area contributed by atoms with Crippen LogP contribution in [0.25, 0.3) is 11.0 Å². The first-order chi connectivity index (χ1) is 12.0. The van der Waals surface area contributed by atoms with Gasteiger partial charge in [0.15, 0.2) is 0 Å². The summed E-state index contributed by atoms with van der Waals surface area (Å²) in [5.74, 6) is -0.226. The van der Waals surface area contributed by atoms with Crippen molar-refractivity contribution < 1.29 is 4.79 Å². The predicted molar refractivity (Wildman–Crippen MR) is 96.3 cm³/mol. The molecule has 1 aromatic carbocycles. The van der Waals surface area contributed by atoms with Crippen molar-refractivity contribution in [3.05, 3.63) is 69.4 Å². The van der Waals surface area contributed by atoms with Gasteiger partial charge in [-0.1, -0.05) is 6.07 Å². The van der Waals surface area contributed by atoms with E-state index in [9.17, 15) is 9.59 Å². The molecule has 6 heteroatoms. The Hall–Kier alpha value is -3.02. The van der Waals surface area contributed by atoms with Crippen LogP contribution in [0.2, 0.25) is 0 Å². The second kappa shape index (κ2) is 6.84. The third-order valence-electron chi connectivity index (χ3n) is 4.24. The number of aromatic nitrogens is 3. The standard InChI is InChI=1S/C19H20N4O2/c1-12-7-16-17(8-13(12)2)23(19(25)14(3)22-16)11-18(24)21-10-15-5-4-6-20-9-15/h4-9H,10-11H2,1-3H3,(H,21,24). The second-order valence-electron chi connectivity index (χ2n) is 6.15. The molecule has 0 saturated carbocycles. The van der Waals surface area contributed by atoms with Crippen molar-refractivity contribution in [1.29, 1.82) is 0 Å². The van der Waals surface area contributed by atoms with Crippen LogP contribution in [0.3, 0.4) is 0 Å². The molecular weight excluding hydrogens is 316 g/mol. The van der Waals surface area contributed by atoms with Crippen LogP contribution < -0.4 is 10.9 Å². The summed E-state index contributed by atoms with van der Waals surface area (Å²) in [5, 5.41) is 2.83. The average Bonchev–Trinajstić information content (AvgIpc) is 2.60. The fourth-order valence-electron chi connectivity index (χ4n) is 2.68. The summed E-state index contributed by atoms with van der Waals surface area (Å²) in [6.07, 6.45) is 3.38. The largest absolute Gasteiger partial charge is 0.350 e. The van der Waals surface area contributed by atoms with Crippen LogP contribution in [0.1, 0.15) is 22.4 Å². The lowest BCUT2D eigenvalue weighted by Crippen LogP contribution is -2.33. The number of aryl methyl sites for hydroxylation is 3. The van der Waals surface area contributed by atoms with Crippen LogP contribution >= 0.6 is 0 Å². The van der Waals surface area contributed by atoms with Crippen LogP contribution in [0, 0.1) is 20.8 Å². The quantitative estimate of drug-likeness (QED) is 0.791. The van der Waals surface area contributed by atoms with Crippen molar-refractivity contribution in [3.63, 3.8) is 0 Å². The zero-order valence-electron chi connectivity index (χ0n) is 14.5. The zero-order chi connectivity index (χ0) is 18.0. The summed E-state index contributed by atoms with van der Waals surface area (Å²) in [6.45, 7) is 5.98. The maximum atomic E-state index is 12.5. The van der Waals surface area contributed by atoms with E-state index in [0.717, 1.165) is 22.2 Å². The van der Waals surface area contributed by atoms with Gasteiger partial charge in [-0.15, -0.1) is 0 Å². The summed E-state index contributed by atoms with van der Waals surface area (Å²) < 4.78 is 1.49. The number of amides is 1. The molecule has 0 aliphatic carbocycles. The predicted octanol–water partition coefficient (Wildman–Crippen LogP) is 2.03. The molecule has 3 rings (SSSR count). The summed E-state index contributed by atoms with van der Waals surface area (Å²) in [6, 6.07) is 7.56. The SMILES string of the molecule is Cc1cc2nc(C)c(=O)n(CC(=O)NCc3cccnc3)c2cc1C. The summed E-state index contributed by atoms with van der Waals surface area (Å²) in [4.78, 5) is 33.2. The Labute approximate surface area is 145 Å². The molecule has 2 aromatic heterocycles. The zero-order valence-corrected chi connectivity index (χ0v) is 14.5. The van der Waals surface area contributed by atoms with Gasteiger partial charge in [0.05, 0.1) is 11.0 Å². The first kappa shape index (κ1) is 16.8. The fourth-order valence-corrected chi connectivity index (χ4v) is 2.68. The molecule has 0 spiro atoms. The van der Waals surface area contributed by atoms with Gasteiger partial charge in [-0.25, -0.2) is 4.98 Å². The van der Waals surface area contributed by atoms with Gasteiger partial charge in [0.2, 0.25) is 5.91 Å². The van der Waals surface area contributed by atoms with Crippen LogP contribution in [-0.2, 0) is 17.9 Å². The number of nitrogens with one attached hydrogen (secondary N) is 1. The van der Waals surface area contributed by atoms with Crippen LogP contribution in [0.15, 0.2) is 41.5 Å². The maximum absolute atomic E-state index is 12.5. The topological polar surface area (TPSA) is 76.9 Å². The van der Waals surface area contributed by atoms with E-state index in [1.54, 1.807) is 19.3 Å². The molecule has 6 nitrogen and oxygen atoms in total. The smallest absolute Gasteiger partial charge is 0.272 e. The lowest BCUT2D eigenvalue weighted by atomic mass is 10.1. The van der Waals surface area contributed by atoms with Gasteiger partial charge in [-0.3, -0.25) is 19.1 Å². The highest BCUT2D eigenvalue weighted by Crippen LogP contribution is 2.17. The van der Waals surface area contributed by atoms with E-state index >= 15 is 0 Å². The number of fused-ring (bicyclic) bond motifs is 1. The Morgan fingerprint density at radius 2 is 1.96 bits per heavy atom. The lowest BCUT2D eigenvalue weighted by molar-refractivity contribution is -0.121. The van der Waals surface area contributed by atoms with E-state index < -0.39 is 0 Å². The van der Waals surface area contributed by atoms with Gasteiger partial charge in [-0.05, 0) is 55.7 Å². The Kier molecular flexibility index (Phi) is 4.61. The fraction of sp³-hybridized carbons (Fsp3) is 0.263. The van der Waals surface area contributed by atoms with Crippen LogP contribution in [-0.4, -0.2) is 20.4 Å². The van der Waals surface area contributed by atoms with Crippen molar-refractivity contribution in [1.82, 2.24) is 19.9 Å². The Morgan fingerprint density at radius 3 is 2.68 bits per heavy atom. The molecule has 128 valence electrons. The molecule has 0 unspecified atom stereocenters. The van der Waals surface area contributed by atoms with E-state index in [2.05, 4.69) is 15.3 Å². The van der Waals surface area contributed by atoms with E-state index in [-0.39, 0.29) is 18.0 Å². The molecule has 0 fully saturated rings. The minimum atomic E-state index is -0.243. The van der Waals surface area contributed by atoms with Crippen molar-refractivity contribution in [2.24, 2.45) is 0 Å². The van der Waals surface area contributed by atoms with Crippen molar-refractivity contribution >= 4 is 16.9 Å². The third kappa shape index (κ3) is 3.57. The second-order valence-corrected chi connectivity index (χ2v) is 6.15. The number of benzene rings is 1. The number of carbonyl (C=O) groups is 1. The normalized spacial score (nSPS) is 10.8. The van der Waals surface area contributed by atoms with Gasteiger partial charge in [0.25, 0.3) is 5.56 Å². The minimum Gasteiger partial charge on any atom is -0.350 e. The van der Waals surface area contributed by atoms with Gasteiger partial charge < -0.3 is 5.32 Å². The molecule has 2 heterocycles. The highest BCUT2D eigenvalue weighted by molar-refractivity contribution is 5.81. The Morgan fingerprint density at radius 1 is 1.20 bits per heavy atom. The molecular formula is C19H20N4O2. The van der Waals surface area contributed by atoms with E-state index in [1.807, 2.05) is 38.1 Å². The monoisotopic (exact) mass is 336 g/mol. The number of pyridine rings is 1. The highest BCUT2D eigenvalue weighted by Gasteiger charge is 2.12. The van der Waals surface area contributed by atoms with Gasteiger partial charge in [-0.2, -0.15) is 0 Å². The number of nitrogens with zero attached hydrogens (tertiary/aromatic N) is 3. The summed E-state index contributed by atoms with van der Waals surface area (Å²) in [7, 11) is 0. The van der Waals surface area contributed by atoms with E-state index in [4.69, 9.17) is 0 Å². The number of hydrogen-bond donors (Lipinski definition) is 1. The van der Waals surface area contributed by atoms with Crippen LogP contribution in [0.4, 0.5) is 0 Å². The van der Waals surface area contributed by atoms with Gasteiger partial charge in [0, 0.05) is 18.9 Å². The van der Waals surface area contributed by atoms with Gasteiger partial charge >= 0.3 is 0 Å². The van der Waals surface area contributed by atoms with E-state index in [0.29, 0.717) is 17.8 Å². The number of rotatable bonds is 4. The molecule has 0 aliphatic rings. The number of carbonyl (C=O) groups excluding carboxylic acids is 1. The lowest BCUT2D eigenvalue weighted by Gasteiger charge is -2.13. The van der Waals surface area contributed by atoms with Gasteiger partial charge in [0.1, 0.15) is 12.2 Å². The van der Waals surface area contributed by atoms with E-state index in [1.165, 1.54) is 4.57 Å². The summed E-state index contributed by atoms with van der Waals surface area (Å²) in [5.41, 5.74) is 4.61. The summed E-state index contributed by atoms with van der Waals surface area (Å²) >= 11 is 0. The molecule has 0 bridgehead atoms. The average molecular weight is 336 g/mol. The maximum Gasteiger partial charge on any atom is 0.272 e. The minimum absolute atomic E-state index is 0.0402. The molecule has 0 atom stereocenters. The van der Waals surface area contributed by atoms with Crippen molar-refractivity contribution in [2.75, 3.05) is 0 Å². The molecule has 1 N–H and O–H groups in total. The molecule has 0 aliphatic heterocycles. The third-order valence-corrected chi connectivity index (χ3v) is 4.24. The Bertz CT molecular complexity index is 994. The molecule has 25 heavy (non-hydrogen) atoms. The highest BCUT2D eigenvalue weighted by atomic mass is 16.2. The Balaban J connectivity index is 1.89. The van der Waals surface area contributed by atoms with Crippen LogP contribution in [0.5, 0.6) is 0 Å². The first-order valence-corrected chi connectivity index (χ1v) is 8.09. The molecule has 3 aromatic rings. The molecule has 0 saturated heterocycles.